The number of benzene rings is 1. The molecule has 0 spiro atoms. The first kappa shape index (κ1) is 13.3. The summed E-state index contributed by atoms with van der Waals surface area (Å²) in [6.45, 7) is 1.56. The molecule has 0 amide bonds. The lowest BCUT2D eigenvalue weighted by molar-refractivity contribution is -0.00223. The van der Waals surface area contributed by atoms with E-state index in [4.69, 9.17) is 28.9 Å². The van der Waals surface area contributed by atoms with Crippen LogP contribution in [0.4, 0.5) is 0 Å². The number of nitrogens with zero attached hydrogens (tertiary/aromatic N) is 3. The molecule has 3 N–H and O–H groups in total. The van der Waals surface area contributed by atoms with Gasteiger partial charge >= 0.3 is 0 Å². The Labute approximate surface area is 114 Å². The summed E-state index contributed by atoms with van der Waals surface area (Å²) < 4.78 is 1.37. The van der Waals surface area contributed by atoms with E-state index in [1.807, 2.05) is 0 Å². The Balaban J connectivity index is 2.41. The topological polar surface area (TPSA) is 77.0 Å². The van der Waals surface area contributed by atoms with Crippen LogP contribution in [0.15, 0.2) is 30.9 Å². The number of aromatic nitrogens is 3. The summed E-state index contributed by atoms with van der Waals surface area (Å²) in [5.74, 6) is 0. The van der Waals surface area contributed by atoms with E-state index in [-0.39, 0.29) is 0 Å². The number of rotatable bonds is 3. The van der Waals surface area contributed by atoms with Gasteiger partial charge < -0.3 is 10.8 Å². The highest BCUT2D eigenvalue weighted by atomic mass is 35.5. The number of aliphatic hydroxyl groups is 1. The van der Waals surface area contributed by atoms with Crippen LogP contribution in [0.2, 0.25) is 10.0 Å². The molecule has 0 aliphatic rings. The number of halogens is 2. The SMILES string of the molecule is CC(O)(c1ccc(Cl)cc1Cl)C(N)n1cncn1. The van der Waals surface area contributed by atoms with Crippen LogP contribution >= 0.6 is 23.2 Å². The average Bonchev–Trinajstić information content (AvgIpc) is 2.80. The van der Waals surface area contributed by atoms with E-state index in [1.54, 1.807) is 25.1 Å². The van der Waals surface area contributed by atoms with Crippen molar-refractivity contribution in [3.05, 3.63) is 46.5 Å². The molecule has 96 valence electrons. The maximum absolute atomic E-state index is 10.6. The third-order valence-electron chi connectivity index (χ3n) is 2.77. The van der Waals surface area contributed by atoms with Gasteiger partial charge in [0.05, 0.1) is 0 Å². The Bertz CT molecular complexity index is 542. The number of nitrogens with two attached hydrogens (primary N) is 1. The fraction of sp³-hybridized carbons (Fsp3) is 0.273. The summed E-state index contributed by atoms with van der Waals surface area (Å²) in [6, 6.07) is 4.84. The minimum Gasteiger partial charge on any atom is -0.382 e. The van der Waals surface area contributed by atoms with Crippen molar-refractivity contribution in [3.8, 4) is 0 Å². The Morgan fingerprint density at radius 1 is 1.44 bits per heavy atom. The monoisotopic (exact) mass is 286 g/mol. The fourth-order valence-corrected chi connectivity index (χ4v) is 2.28. The van der Waals surface area contributed by atoms with Gasteiger partial charge in [-0.25, -0.2) is 9.67 Å². The van der Waals surface area contributed by atoms with Gasteiger partial charge in [0.1, 0.15) is 24.4 Å². The molecule has 0 radical (unpaired) electrons. The zero-order valence-electron chi connectivity index (χ0n) is 9.59. The van der Waals surface area contributed by atoms with Crippen LogP contribution in [0.5, 0.6) is 0 Å². The van der Waals surface area contributed by atoms with Gasteiger partial charge in [-0.2, -0.15) is 5.10 Å². The van der Waals surface area contributed by atoms with Crippen molar-refractivity contribution in [2.75, 3.05) is 0 Å². The van der Waals surface area contributed by atoms with Crippen LogP contribution < -0.4 is 5.73 Å². The maximum Gasteiger partial charge on any atom is 0.137 e. The second-order valence-corrected chi connectivity index (χ2v) is 4.94. The van der Waals surface area contributed by atoms with Crippen molar-refractivity contribution in [2.45, 2.75) is 18.7 Å². The van der Waals surface area contributed by atoms with Gasteiger partial charge in [-0.05, 0) is 19.1 Å². The van der Waals surface area contributed by atoms with Crippen molar-refractivity contribution in [1.29, 1.82) is 0 Å². The lowest BCUT2D eigenvalue weighted by Crippen LogP contribution is -2.40. The van der Waals surface area contributed by atoms with E-state index < -0.39 is 11.8 Å². The molecular formula is C11H12Cl2N4O. The molecule has 0 saturated carbocycles. The molecular weight excluding hydrogens is 275 g/mol. The van der Waals surface area contributed by atoms with E-state index in [2.05, 4.69) is 10.1 Å². The zero-order chi connectivity index (χ0) is 13.3. The van der Waals surface area contributed by atoms with Crippen LogP contribution in [0.25, 0.3) is 0 Å². The van der Waals surface area contributed by atoms with Gasteiger partial charge in [0.15, 0.2) is 0 Å². The molecule has 0 saturated heterocycles. The normalized spacial score (nSPS) is 16.3. The second kappa shape index (κ2) is 4.85. The molecule has 2 rings (SSSR count). The Morgan fingerprint density at radius 2 is 2.17 bits per heavy atom. The molecule has 2 atom stereocenters. The lowest BCUT2D eigenvalue weighted by atomic mass is 9.93. The highest BCUT2D eigenvalue weighted by Gasteiger charge is 2.34. The molecule has 0 aliphatic carbocycles. The van der Waals surface area contributed by atoms with Crippen molar-refractivity contribution in [1.82, 2.24) is 14.8 Å². The highest BCUT2D eigenvalue weighted by molar-refractivity contribution is 6.35. The lowest BCUT2D eigenvalue weighted by Gasteiger charge is -2.31. The molecule has 0 aliphatic heterocycles. The van der Waals surface area contributed by atoms with Gasteiger partial charge in [0.25, 0.3) is 0 Å². The first-order chi connectivity index (χ1) is 8.43. The van der Waals surface area contributed by atoms with Crippen LogP contribution in [-0.4, -0.2) is 19.9 Å². The third kappa shape index (κ3) is 2.35. The Kier molecular flexibility index (Phi) is 3.59. The van der Waals surface area contributed by atoms with Crippen LogP contribution in [0.3, 0.4) is 0 Å². The summed E-state index contributed by atoms with van der Waals surface area (Å²) in [4.78, 5) is 3.79. The fourth-order valence-electron chi connectivity index (χ4n) is 1.68. The number of hydrogen-bond donors (Lipinski definition) is 2. The smallest absolute Gasteiger partial charge is 0.137 e. The van der Waals surface area contributed by atoms with Crippen molar-refractivity contribution in [3.63, 3.8) is 0 Å². The van der Waals surface area contributed by atoms with Gasteiger partial charge in [0, 0.05) is 15.6 Å². The predicted molar refractivity (Wildman–Crippen MR) is 69.3 cm³/mol. The predicted octanol–water partition coefficient (Wildman–Crippen LogP) is 1.95. The highest BCUT2D eigenvalue weighted by Crippen LogP contribution is 2.35. The molecule has 2 aromatic rings. The molecule has 7 heteroatoms. The summed E-state index contributed by atoms with van der Waals surface area (Å²) >= 11 is 11.9. The second-order valence-electron chi connectivity index (χ2n) is 4.09. The largest absolute Gasteiger partial charge is 0.382 e. The minimum atomic E-state index is -1.39. The van der Waals surface area contributed by atoms with Crippen LogP contribution in [-0.2, 0) is 5.60 Å². The molecule has 1 aromatic carbocycles. The van der Waals surface area contributed by atoms with Gasteiger partial charge in [-0.1, -0.05) is 29.3 Å². The van der Waals surface area contributed by atoms with E-state index in [1.165, 1.54) is 17.3 Å². The third-order valence-corrected chi connectivity index (χ3v) is 3.32. The van der Waals surface area contributed by atoms with Crippen molar-refractivity contribution in [2.24, 2.45) is 5.73 Å². The summed E-state index contributed by atoms with van der Waals surface area (Å²) in [7, 11) is 0. The quantitative estimate of drug-likeness (QED) is 0.904. The first-order valence-electron chi connectivity index (χ1n) is 5.20. The van der Waals surface area contributed by atoms with Gasteiger partial charge in [0.2, 0.25) is 0 Å². The van der Waals surface area contributed by atoms with Gasteiger partial charge in [-0.3, -0.25) is 0 Å². The first-order valence-corrected chi connectivity index (χ1v) is 5.96. The summed E-state index contributed by atoms with van der Waals surface area (Å²) in [6.07, 6.45) is 1.97. The molecule has 0 bridgehead atoms. The molecule has 18 heavy (non-hydrogen) atoms. The minimum absolute atomic E-state index is 0.350. The van der Waals surface area contributed by atoms with Gasteiger partial charge in [-0.15, -0.1) is 0 Å². The van der Waals surface area contributed by atoms with E-state index >= 15 is 0 Å². The summed E-state index contributed by atoms with van der Waals surface area (Å²) in [5.41, 5.74) is 5.06. The Morgan fingerprint density at radius 3 is 2.72 bits per heavy atom. The average molecular weight is 287 g/mol. The van der Waals surface area contributed by atoms with E-state index in [0.717, 1.165) is 0 Å². The van der Waals surface area contributed by atoms with Crippen LogP contribution in [0.1, 0.15) is 18.7 Å². The zero-order valence-corrected chi connectivity index (χ0v) is 11.1. The molecule has 0 fully saturated rings. The Hall–Kier alpha value is -1.14. The molecule has 1 heterocycles. The summed E-state index contributed by atoms with van der Waals surface area (Å²) in [5, 5.41) is 15.3. The standard InChI is InChI=1S/C11H12Cl2N4O/c1-11(18,10(14)17-6-15-5-16-17)8-3-2-7(12)4-9(8)13/h2-6,10,18H,14H2,1H3. The van der Waals surface area contributed by atoms with Crippen LogP contribution in [0, 0.1) is 0 Å². The molecule has 2 unspecified atom stereocenters. The maximum atomic E-state index is 10.6. The van der Waals surface area contributed by atoms with Crippen molar-refractivity contribution >= 4 is 23.2 Å². The number of hydrogen-bond acceptors (Lipinski definition) is 4. The van der Waals surface area contributed by atoms with Crippen molar-refractivity contribution < 1.29 is 5.11 Å². The van der Waals surface area contributed by atoms with E-state index in [9.17, 15) is 5.11 Å². The molecule has 5 nitrogen and oxygen atoms in total. The van der Waals surface area contributed by atoms with E-state index in [0.29, 0.717) is 15.6 Å². The molecule has 1 aromatic heterocycles.